The first-order valence-corrected chi connectivity index (χ1v) is 7.95. The number of oxazole rings is 1. The summed E-state index contributed by atoms with van der Waals surface area (Å²) in [5.41, 5.74) is 0.564. The van der Waals surface area contributed by atoms with Gasteiger partial charge in [0.25, 0.3) is 0 Å². The van der Waals surface area contributed by atoms with E-state index in [9.17, 15) is 9.90 Å². The molecule has 1 unspecified atom stereocenters. The number of carboxylic acids is 1. The molecule has 5 nitrogen and oxygen atoms in total. The Morgan fingerprint density at radius 2 is 1.72 bits per heavy atom. The lowest BCUT2D eigenvalue weighted by atomic mass is 9.96. The summed E-state index contributed by atoms with van der Waals surface area (Å²) in [5, 5.41) is 9.65. The maximum atomic E-state index is 11.8. The molecule has 1 atom stereocenters. The van der Waals surface area contributed by atoms with E-state index in [2.05, 4.69) is 4.98 Å². The summed E-state index contributed by atoms with van der Waals surface area (Å²) in [5.74, 6) is 0.0521. The molecule has 0 aliphatic carbocycles. The monoisotopic (exact) mass is 337 g/mol. The Labute approximate surface area is 145 Å². The van der Waals surface area contributed by atoms with E-state index in [4.69, 9.17) is 9.15 Å². The van der Waals surface area contributed by atoms with Gasteiger partial charge in [-0.2, -0.15) is 0 Å². The summed E-state index contributed by atoms with van der Waals surface area (Å²) in [7, 11) is 0. The van der Waals surface area contributed by atoms with Gasteiger partial charge in [0.2, 0.25) is 5.89 Å². The molecule has 25 heavy (non-hydrogen) atoms. The molecule has 0 spiro atoms. The zero-order valence-electron chi connectivity index (χ0n) is 14.1. The SMILES string of the molecule is Cc1oc(-c2ccccc2)nc1COC(C)(C(=O)O)c1ccccc1. The van der Waals surface area contributed by atoms with Gasteiger partial charge < -0.3 is 14.3 Å². The van der Waals surface area contributed by atoms with Gasteiger partial charge in [-0.15, -0.1) is 0 Å². The van der Waals surface area contributed by atoms with Crippen LogP contribution in [0.2, 0.25) is 0 Å². The molecular formula is C20H19NO4. The molecule has 0 radical (unpaired) electrons. The molecule has 0 saturated carbocycles. The third kappa shape index (κ3) is 3.46. The second-order valence-corrected chi connectivity index (χ2v) is 5.88. The molecular weight excluding hydrogens is 318 g/mol. The average molecular weight is 337 g/mol. The van der Waals surface area contributed by atoms with Crippen molar-refractivity contribution < 1.29 is 19.1 Å². The minimum absolute atomic E-state index is 0.0415. The van der Waals surface area contributed by atoms with E-state index in [-0.39, 0.29) is 6.61 Å². The van der Waals surface area contributed by atoms with E-state index in [0.29, 0.717) is 22.9 Å². The maximum Gasteiger partial charge on any atom is 0.340 e. The first-order valence-electron chi connectivity index (χ1n) is 7.95. The molecule has 1 N–H and O–H groups in total. The number of ether oxygens (including phenoxy) is 1. The minimum atomic E-state index is -1.46. The smallest absolute Gasteiger partial charge is 0.340 e. The Morgan fingerprint density at radius 3 is 2.32 bits per heavy atom. The summed E-state index contributed by atoms with van der Waals surface area (Å²) in [4.78, 5) is 16.2. The van der Waals surface area contributed by atoms with Gasteiger partial charge >= 0.3 is 5.97 Å². The Morgan fingerprint density at radius 1 is 1.12 bits per heavy atom. The first kappa shape index (κ1) is 16.9. The van der Waals surface area contributed by atoms with Gasteiger partial charge in [-0.25, -0.2) is 9.78 Å². The van der Waals surface area contributed by atoms with E-state index in [1.54, 1.807) is 31.2 Å². The highest BCUT2D eigenvalue weighted by atomic mass is 16.5. The Hall–Kier alpha value is -2.92. The van der Waals surface area contributed by atoms with Gasteiger partial charge in [0.1, 0.15) is 11.5 Å². The molecule has 0 aliphatic rings. The molecule has 0 saturated heterocycles. The molecule has 0 amide bonds. The fraction of sp³-hybridized carbons (Fsp3) is 0.200. The van der Waals surface area contributed by atoms with Crippen LogP contribution in [0.15, 0.2) is 65.1 Å². The number of nitrogens with zero attached hydrogens (tertiary/aromatic N) is 1. The molecule has 2 aromatic carbocycles. The summed E-state index contributed by atoms with van der Waals surface area (Å²) >= 11 is 0. The number of rotatable bonds is 6. The quantitative estimate of drug-likeness (QED) is 0.731. The predicted molar refractivity (Wildman–Crippen MR) is 92.9 cm³/mol. The number of aromatic nitrogens is 1. The van der Waals surface area contributed by atoms with Crippen molar-refractivity contribution in [2.75, 3.05) is 0 Å². The van der Waals surface area contributed by atoms with E-state index in [1.165, 1.54) is 6.92 Å². The predicted octanol–water partition coefficient (Wildman–Crippen LogP) is 4.17. The molecule has 0 aliphatic heterocycles. The van der Waals surface area contributed by atoms with Crippen LogP contribution < -0.4 is 0 Å². The van der Waals surface area contributed by atoms with Crippen LogP contribution >= 0.6 is 0 Å². The number of aliphatic carboxylic acids is 1. The fourth-order valence-corrected chi connectivity index (χ4v) is 2.50. The third-order valence-electron chi connectivity index (χ3n) is 4.14. The van der Waals surface area contributed by atoms with Crippen molar-refractivity contribution >= 4 is 5.97 Å². The number of aryl methyl sites for hydroxylation is 1. The van der Waals surface area contributed by atoms with Crippen LogP contribution in [0.4, 0.5) is 0 Å². The van der Waals surface area contributed by atoms with Crippen molar-refractivity contribution in [3.05, 3.63) is 77.7 Å². The maximum absolute atomic E-state index is 11.8. The third-order valence-corrected chi connectivity index (χ3v) is 4.14. The standard InChI is InChI=1S/C20H19NO4/c1-14-17(21-18(25-14)15-9-5-3-6-10-15)13-24-20(2,19(22)23)16-11-7-4-8-12-16/h3-12H,13H2,1-2H3,(H,22,23). The normalized spacial score (nSPS) is 13.4. The van der Waals surface area contributed by atoms with Gasteiger partial charge in [0.15, 0.2) is 5.60 Å². The van der Waals surface area contributed by atoms with Crippen molar-refractivity contribution in [3.63, 3.8) is 0 Å². The van der Waals surface area contributed by atoms with Gasteiger partial charge in [0, 0.05) is 5.56 Å². The summed E-state index contributed by atoms with van der Waals surface area (Å²) < 4.78 is 11.5. The summed E-state index contributed by atoms with van der Waals surface area (Å²) in [6.45, 7) is 3.37. The van der Waals surface area contributed by atoms with Crippen LogP contribution in [0.3, 0.4) is 0 Å². The number of hydrogen-bond acceptors (Lipinski definition) is 4. The molecule has 1 heterocycles. The first-order chi connectivity index (χ1) is 12.0. The van der Waals surface area contributed by atoms with Crippen molar-refractivity contribution in [1.29, 1.82) is 0 Å². The zero-order valence-corrected chi connectivity index (χ0v) is 14.1. The average Bonchev–Trinajstić information content (AvgIpc) is 3.02. The van der Waals surface area contributed by atoms with E-state index < -0.39 is 11.6 Å². The number of hydrogen-bond donors (Lipinski definition) is 1. The number of carbonyl (C=O) groups is 1. The van der Waals surface area contributed by atoms with Crippen LogP contribution in [-0.4, -0.2) is 16.1 Å². The number of benzene rings is 2. The van der Waals surface area contributed by atoms with Crippen LogP contribution in [0.5, 0.6) is 0 Å². The highest BCUT2D eigenvalue weighted by molar-refractivity contribution is 5.78. The molecule has 128 valence electrons. The van der Waals surface area contributed by atoms with Gasteiger partial charge in [0.05, 0.1) is 6.61 Å². The Balaban J connectivity index is 1.83. The molecule has 3 rings (SSSR count). The topological polar surface area (TPSA) is 72.6 Å². The lowest BCUT2D eigenvalue weighted by Gasteiger charge is -2.25. The van der Waals surface area contributed by atoms with Gasteiger partial charge in [-0.1, -0.05) is 48.5 Å². The summed E-state index contributed by atoms with van der Waals surface area (Å²) in [6, 6.07) is 18.4. The van der Waals surface area contributed by atoms with Crippen molar-refractivity contribution in [2.24, 2.45) is 0 Å². The lowest BCUT2D eigenvalue weighted by Crippen LogP contribution is -2.35. The second-order valence-electron chi connectivity index (χ2n) is 5.88. The zero-order chi connectivity index (χ0) is 17.9. The molecule has 1 aromatic heterocycles. The van der Waals surface area contributed by atoms with Crippen molar-refractivity contribution in [2.45, 2.75) is 26.1 Å². The fourth-order valence-electron chi connectivity index (χ4n) is 2.50. The van der Waals surface area contributed by atoms with E-state index >= 15 is 0 Å². The van der Waals surface area contributed by atoms with Crippen LogP contribution in [-0.2, 0) is 21.7 Å². The van der Waals surface area contributed by atoms with E-state index in [0.717, 1.165) is 5.56 Å². The van der Waals surface area contributed by atoms with Gasteiger partial charge in [-0.05, 0) is 31.5 Å². The lowest BCUT2D eigenvalue weighted by molar-refractivity contribution is -0.167. The minimum Gasteiger partial charge on any atom is -0.479 e. The molecule has 0 fully saturated rings. The molecule has 5 heteroatoms. The largest absolute Gasteiger partial charge is 0.479 e. The van der Waals surface area contributed by atoms with E-state index in [1.807, 2.05) is 36.4 Å². The number of carboxylic acid groups (broad SMARTS) is 1. The highest BCUT2D eigenvalue weighted by Gasteiger charge is 2.36. The van der Waals surface area contributed by atoms with Gasteiger partial charge in [-0.3, -0.25) is 0 Å². The molecule has 3 aromatic rings. The van der Waals surface area contributed by atoms with Crippen LogP contribution in [0.25, 0.3) is 11.5 Å². The van der Waals surface area contributed by atoms with Crippen molar-refractivity contribution in [3.8, 4) is 11.5 Å². The van der Waals surface area contributed by atoms with Crippen LogP contribution in [0.1, 0.15) is 23.9 Å². The van der Waals surface area contributed by atoms with Crippen LogP contribution in [0, 0.1) is 6.92 Å². The highest BCUT2D eigenvalue weighted by Crippen LogP contribution is 2.28. The Kier molecular flexibility index (Phi) is 4.67. The Bertz CT molecular complexity index is 858. The second kappa shape index (κ2) is 6.91. The van der Waals surface area contributed by atoms with Crippen molar-refractivity contribution in [1.82, 2.24) is 4.98 Å². The molecule has 0 bridgehead atoms. The summed E-state index contributed by atoms with van der Waals surface area (Å²) in [6.07, 6.45) is 0.